The lowest BCUT2D eigenvalue weighted by molar-refractivity contribution is 0.107. The van der Waals surface area contributed by atoms with Crippen molar-refractivity contribution >= 4 is 27.3 Å². The molecule has 4 heteroatoms. The summed E-state index contributed by atoms with van der Waals surface area (Å²) in [4.78, 5) is 4.37. The third-order valence-electron chi connectivity index (χ3n) is 3.47. The average Bonchev–Trinajstić information content (AvgIpc) is 3.05. The molecule has 0 aliphatic carbocycles. The lowest BCUT2D eigenvalue weighted by Gasteiger charge is -2.09. The number of hydrogen-bond acceptors (Lipinski definition) is 3. The van der Waals surface area contributed by atoms with Crippen LogP contribution in [0.3, 0.4) is 0 Å². The minimum atomic E-state index is 0.612. The zero-order chi connectivity index (χ0) is 15.4. The number of halogens is 1. The SMILES string of the molecule is Cc1ccc(-c2nccs2)cc1COCc1ccc(Br)cc1. The summed E-state index contributed by atoms with van der Waals surface area (Å²) < 4.78 is 6.95. The smallest absolute Gasteiger partial charge is 0.123 e. The Hall–Kier alpha value is -1.49. The number of rotatable bonds is 5. The Kier molecular flexibility index (Phi) is 5.03. The highest BCUT2D eigenvalue weighted by atomic mass is 79.9. The van der Waals surface area contributed by atoms with Crippen LogP contribution in [0.2, 0.25) is 0 Å². The Morgan fingerprint density at radius 3 is 2.64 bits per heavy atom. The van der Waals surface area contributed by atoms with Crippen LogP contribution >= 0.6 is 27.3 Å². The second-order valence-corrected chi connectivity index (χ2v) is 6.91. The highest BCUT2D eigenvalue weighted by molar-refractivity contribution is 9.10. The minimum absolute atomic E-state index is 0.612. The number of benzene rings is 2. The molecule has 0 saturated carbocycles. The van der Waals surface area contributed by atoms with Gasteiger partial charge < -0.3 is 4.74 Å². The average molecular weight is 374 g/mol. The lowest BCUT2D eigenvalue weighted by atomic mass is 10.1. The predicted molar refractivity (Wildman–Crippen MR) is 94.9 cm³/mol. The van der Waals surface area contributed by atoms with E-state index in [0.717, 1.165) is 15.0 Å². The topological polar surface area (TPSA) is 22.1 Å². The number of thiazole rings is 1. The summed E-state index contributed by atoms with van der Waals surface area (Å²) in [5, 5.41) is 3.05. The molecule has 0 aliphatic heterocycles. The van der Waals surface area contributed by atoms with Gasteiger partial charge in [0.2, 0.25) is 0 Å². The van der Waals surface area contributed by atoms with Crippen LogP contribution in [0.4, 0.5) is 0 Å². The van der Waals surface area contributed by atoms with Gasteiger partial charge in [0.15, 0.2) is 0 Å². The fourth-order valence-corrected chi connectivity index (χ4v) is 3.09. The van der Waals surface area contributed by atoms with Gasteiger partial charge in [-0.1, -0.05) is 40.2 Å². The third-order valence-corrected chi connectivity index (χ3v) is 4.82. The van der Waals surface area contributed by atoms with E-state index in [9.17, 15) is 0 Å². The first-order chi connectivity index (χ1) is 10.7. The molecule has 3 aromatic rings. The molecule has 0 amide bonds. The summed E-state index contributed by atoms with van der Waals surface area (Å²) >= 11 is 5.10. The van der Waals surface area contributed by atoms with Crippen molar-refractivity contribution in [2.45, 2.75) is 20.1 Å². The van der Waals surface area contributed by atoms with Crippen LogP contribution < -0.4 is 0 Å². The molecule has 0 atom stereocenters. The molecule has 0 unspecified atom stereocenters. The maximum absolute atomic E-state index is 5.87. The number of aromatic nitrogens is 1. The lowest BCUT2D eigenvalue weighted by Crippen LogP contribution is -1.97. The van der Waals surface area contributed by atoms with Crippen molar-refractivity contribution in [2.75, 3.05) is 0 Å². The summed E-state index contributed by atoms with van der Waals surface area (Å²) in [6.45, 7) is 3.35. The molecule has 2 aromatic carbocycles. The van der Waals surface area contributed by atoms with Gasteiger partial charge in [-0.2, -0.15) is 0 Å². The highest BCUT2D eigenvalue weighted by Gasteiger charge is 2.05. The fraction of sp³-hybridized carbons (Fsp3) is 0.167. The van der Waals surface area contributed by atoms with E-state index in [0.29, 0.717) is 13.2 Å². The highest BCUT2D eigenvalue weighted by Crippen LogP contribution is 2.24. The van der Waals surface area contributed by atoms with E-state index in [1.807, 2.05) is 23.7 Å². The Morgan fingerprint density at radius 1 is 1.09 bits per heavy atom. The van der Waals surface area contributed by atoms with E-state index in [1.54, 1.807) is 11.3 Å². The molecule has 0 saturated heterocycles. The van der Waals surface area contributed by atoms with Crippen molar-refractivity contribution < 1.29 is 4.74 Å². The first-order valence-electron chi connectivity index (χ1n) is 7.04. The molecule has 1 heterocycles. The van der Waals surface area contributed by atoms with Crippen LogP contribution in [0.5, 0.6) is 0 Å². The van der Waals surface area contributed by atoms with Crippen molar-refractivity contribution in [3.63, 3.8) is 0 Å². The standard InChI is InChI=1S/C18H16BrNOS/c1-13-2-5-15(18-20-8-9-22-18)10-16(13)12-21-11-14-3-6-17(19)7-4-14/h2-10H,11-12H2,1H3. The quantitative estimate of drug-likeness (QED) is 0.580. The van der Waals surface area contributed by atoms with Crippen LogP contribution in [0.15, 0.2) is 58.5 Å². The summed E-state index contributed by atoms with van der Waals surface area (Å²) in [6.07, 6.45) is 1.84. The van der Waals surface area contributed by atoms with Crippen LogP contribution in [0, 0.1) is 6.92 Å². The van der Waals surface area contributed by atoms with Crippen molar-refractivity contribution in [2.24, 2.45) is 0 Å². The zero-order valence-electron chi connectivity index (χ0n) is 12.3. The molecule has 1 aromatic heterocycles. The Labute approximate surface area is 142 Å². The van der Waals surface area contributed by atoms with Gasteiger partial charge in [0.05, 0.1) is 13.2 Å². The van der Waals surface area contributed by atoms with E-state index < -0.39 is 0 Å². The first-order valence-corrected chi connectivity index (χ1v) is 8.71. The van der Waals surface area contributed by atoms with Gasteiger partial charge in [-0.3, -0.25) is 0 Å². The maximum Gasteiger partial charge on any atom is 0.123 e. The molecule has 2 nitrogen and oxygen atoms in total. The van der Waals surface area contributed by atoms with Crippen molar-refractivity contribution in [3.05, 3.63) is 75.2 Å². The normalized spacial score (nSPS) is 10.8. The van der Waals surface area contributed by atoms with Gasteiger partial charge in [0.25, 0.3) is 0 Å². The molecule has 3 rings (SSSR count). The van der Waals surface area contributed by atoms with Crippen molar-refractivity contribution in [3.8, 4) is 10.6 Å². The van der Waals surface area contributed by atoms with Crippen LogP contribution in [0.25, 0.3) is 10.6 Å². The number of aryl methyl sites for hydroxylation is 1. The predicted octanol–water partition coefficient (Wildman–Crippen LogP) is 5.60. The Bertz CT molecular complexity index is 738. The third kappa shape index (κ3) is 3.83. The summed E-state index contributed by atoms with van der Waals surface area (Å²) in [5.74, 6) is 0. The summed E-state index contributed by atoms with van der Waals surface area (Å²) in [5.41, 5.74) is 4.79. The van der Waals surface area contributed by atoms with Gasteiger partial charge >= 0.3 is 0 Å². The molecular formula is C18H16BrNOS. The van der Waals surface area contributed by atoms with E-state index in [1.165, 1.54) is 16.7 Å². The second kappa shape index (κ2) is 7.18. The fourth-order valence-electron chi connectivity index (χ4n) is 2.19. The maximum atomic E-state index is 5.87. The van der Waals surface area contributed by atoms with E-state index in [2.05, 4.69) is 58.2 Å². The number of hydrogen-bond donors (Lipinski definition) is 0. The molecule has 112 valence electrons. The van der Waals surface area contributed by atoms with E-state index in [-0.39, 0.29) is 0 Å². The number of nitrogens with zero attached hydrogens (tertiary/aromatic N) is 1. The minimum Gasteiger partial charge on any atom is -0.372 e. The Balaban J connectivity index is 1.67. The van der Waals surface area contributed by atoms with Gasteiger partial charge in [0.1, 0.15) is 5.01 Å². The van der Waals surface area contributed by atoms with Gasteiger partial charge in [-0.25, -0.2) is 4.98 Å². The van der Waals surface area contributed by atoms with E-state index in [4.69, 9.17) is 4.74 Å². The molecule has 0 fully saturated rings. The molecule has 0 aliphatic rings. The van der Waals surface area contributed by atoms with E-state index >= 15 is 0 Å². The molecule has 0 bridgehead atoms. The largest absolute Gasteiger partial charge is 0.372 e. The Morgan fingerprint density at radius 2 is 1.91 bits per heavy atom. The van der Waals surface area contributed by atoms with Gasteiger partial charge in [0, 0.05) is 21.6 Å². The molecule has 22 heavy (non-hydrogen) atoms. The van der Waals surface area contributed by atoms with Crippen LogP contribution in [0.1, 0.15) is 16.7 Å². The molecular weight excluding hydrogens is 358 g/mol. The molecule has 0 radical (unpaired) electrons. The van der Waals surface area contributed by atoms with Gasteiger partial charge in [-0.05, 0) is 41.8 Å². The summed E-state index contributed by atoms with van der Waals surface area (Å²) in [7, 11) is 0. The van der Waals surface area contributed by atoms with Gasteiger partial charge in [-0.15, -0.1) is 11.3 Å². The summed E-state index contributed by atoms with van der Waals surface area (Å²) in [6, 6.07) is 14.6. The van der Waals surface area contributed by atoms with Crippen LogP contribution in [-0.4, -0.2) is 4.98 Å². The van der Waals surface area contributed by atoms with Crippen molar-refractivity contribution in [1.29, 1.82) is 0 Å². The van der Waals surface area contributed by atoms with Crippen LogP contribution in [-0.2, 0) is 18.0 Å². The molecule has 0 spiro atoms. The zero-order valence-corrected chi connectivity index (χ0v) is 14.7. The monoisotopic (exact) mass is 373 g/mol. The number of ether oxygens (including phenoxy) is 1. The first kappa shape index (κ1) is 15.4. The van der Waals surface area contributed by atoms with Crippen molar-refractivity contribution in [1.82, 2.24) is 4.98 Å². The second-order valence-electron chi connectivity index (χ2n) is 5.10. The molecule has 0 N–H and O–H groups in total.